The molecule has 1 heterocycles. The van der Waals surface area contributed by atoms with Crippen molar-refractivity contribution in [2.24, 2.45) is 22.2 Å². The first-order valence-corrected chi connectivity index (χ1v) is 10.2. The number of nitrogens with zero attached hydrogens (tertiary/aromatic N) is 2. The topological polar surface area (TPSA) is 244 Å². The third kappa shape index (κ3) is 8.75. The monoisotopic (exact) mass is 457 g/mol. The van der Waals surface area contributed by atoms with Crippen LogP contribution in [0.1, 0.15) is 38.5 Å². The summed E-state index contributed by atoms with van der Waals surface area (Å²) in [5.41, 5.74) is 15.8. The van der Waals surface area contributed by atoms with Gasteiger partial charge in [-0.3, -0.25) is 24.2 Å². The van der Waals surface area contributed by atoms with E-state index in [2.05, 4.69) is 15.6 Å². The molecule has 32 heavy (non-hydrogen) atoms. The van der Waals surface area contributed by atoms with E-state index in [1.54, 1.807) is 0 Å². The molecule has 0 aromatic rings. The van der Waals surface area contributed by atoms with Gasteiger partial charge in [0.05, 0.1) is 6.54 Å². The molecule has 14 heteroatoms. The molecule has 0 aliphatic carbocycles. The minimum Gasteiger partial charge on any atom is -0.481 e. The lowest BCUT2D eigenvalue weighted by molar-refractivity contribution is -0.149. The van der Waals surface area contributed by atoms with Gasteiger partial charge < -0.3 is 42.9 Å². The smallest absolute Gasteiger partial charge is 0.326 e. The Labute approximate surface area is 184 Å². The zero-order chi connectivity index (χ0) is 24.3. The van der Waals surface area contributed by atoms with Gasteiger partial charge in [0.1, 0.15) is 18.1 Å². The lowest BCUT2D eigenvalue weighted by Crippen LogP contribution is -2.56. The molecule has 1 aliphatic rings. The highest BCUT2D eigenvalue weighted by molar-refractivity contribution is 5.94. The molecule has 1 saturated heterocycles. The number of carboxylic acid groups (broad SMARTS) is 2. The Balaban J connectivity index is 2.99. The first-order valence-electron chi connectivity index (χ1n) is 10.2. The fourth-order valence-corrected chi connectivity index (χ4v) is 3.31. The second-order valence-corrected chi connectivity index (χ2v) is 7.29. The SMILES string of the molecule is NCC(=O)N[C@@H](CCC(=O)O)C(=O)N[C@@H](CCCN=C(N)N)C(=O)N1CCC[C@H]1C(=O)O. The average molecular weight is 457 g/mol. The normalized spacial score (nSPS) is 17.2. The van der Waals surface area contributed by atoms with Gasteiger partial charge in [0, 0.05) is 19.5 Å². The summed E-state index contributed by atoms with van der Waals surface area (Å²) in [6, 6.07) is -3.35. The number of likely N-dealkylation sites (tertiary alicyclic amines) is 1. The first kappa shape index (κ1) is 26.6. The van der Waals surface area contributed by atoms with Crippen LogP contribution in [0, 0.1) is 0 Å². The molecule has 1 rings (SSSR count). The number of carboxylic acids is 2. The molecule has 0 unspecified atom stereocenters. The lowest BCUT2D eigenvalue weighted by Gasteiger charge is -2.28. The number of amides is 3. The van der Waals surface area contributed by atoms with Crippen LogP contribution in [-0.4, -0.2) is 88.5 Å². The average Bonchev–Trinajstić information content (AvgIpc) is 3.22. The highest BCUT2D eigenvalue weighted by atomic mass is 16.4. The summed E-state index contributed by atoms with van der Waals surface area (Å²) in [5.74, 6) is -4.49. The molecule has 14 nitrogen and oxygen atoms in total. The number of carbonyl (C=O) groups is 5. The van der Waals surface area contributed by atoms with Gasteiger partial charge in [-0.1, -0.05) is 0 Å². The highest BCUT2D eigenvalue weighted by Crippen LogP contribution is 2.19. The number of nitrogens with two attached hydrogens (primary N) is 3. The highest BCUT2D eigenvalue weighted by Gasteiger charge is 2.38. The summed E-state index contributed by atoms with van der Waals surface area (Å²) in [5, 5.41) is 23.1. The molecule has 10 N–H and O–H groups in total. The number of hydrogen-bond acceptors (Lipinski definition) is 7. The Kier molecular flexibility index (Phi) is 10.9. The van der Waals surface area contributed by atoms with Crippen molar-refractivity contribution in [3.8, 4) is 0 Å². The van der Waals surface area contributed by atoms with Crippen LogP contribution in [-0.2, 0) is 24.0 Å². The van der Waals surface area contributed by atoms with E-state index in [-0.39, 0.29) is 31.9 Å². The Hall–Kier alpha value is -3.42. The quantitative estimate of drug-likeness (QED) is 0.0834. The largest absolute Gasteiger partial charge is 0.481 e. The maximum Gasteiger partial charge on any atom is 0.326 e. The van der Waals surface area contributed by atoms with Crippen molar-refractivity contribution in [2.45, 2.75) is 56.7 Å². The van der Waals surface area contributed by atoms with Crippen LogP contribution in [0.2, 0.25) is 0 Å². The third-order valence-electron chi connectivity index (χ3n) is 4.86. The van der Waals surface area contributed by atoms with E-state index in [1.165, 1.54) is 4.90 Å². The molecular weight excluding hydrogens is 426 g/mol. The van der Waals surface area contributed by atoms with Gasteiger partial charge in [0.2, 0.25) is 17.7 Å². The van der Waals surface area contributed by atoms with Gasteiger partial charge in [-0.15, -0.1) is 0 Å². The molecular formula is C18H31N7O7. The van der Waals surface area contributed by atoms with Crippen molar-refractivity contribution >= 4 is 35.6 Å². The van der Waals surface area contributed by atoms with Gasteiger partial charge in [0.15, 0.2) is 5.96 Å². The van der Waals surface area contributed by atoms with Gasteiger partial charge in [-0.25, -0.2) is 4.79 Å². The minimum atomic E-state index is -1.23. The van der Waals surface area contributed by atoms with Crippen LogP contribution in [0.4, 0.5) is 0 Å². The molecule has 180 valence electrons. The number of hydrogen-bond donors (Lipinski definition) is 7. The predicted octanol–water partition coefficient (Wildman–Crippen LogP) is -3.09. The van der Waals surface area contributed by atoms with E-state index < -0.39 is 60.8 Å². The van der Waals surface area contributed by atoms with Crippen LogP contribution in [0.25, 0.3) is 0 Å². The van der Waals surface area contributed by atoms with Crippen molar-refractivity contribution in [1.29, 1.82) is 0 Å². The fraction of sp³-hybridized carbons (Fsp3) is 0.667. The maximum atomic E-state index is 13.1. The Morgan fingerprint density at radius 1 is 1.06 bits per heavy atom. The fourth-order valence-electron chi connectivity index (χ4n) is 3.31. The molecule has 1 aliphatic heterocycles. The Morgan fingerprint density at radius 2 is 1.75 bits per heavy atom. The molecule has 0 aromatic heterocycles. The molecule has 3 amide bonds. The standard InChI is InChI=1S/C18H31N7O7/c19-9-13(26)23-10(5-6-14(27)28)15(29)24-11(3-1-7-22-18(20)21)16(30)25-8-2-4-12(25)17(31)32/h10-12H,1-9,19H2,(H,23,26)(H,24,29)(H,27,28)(H,31,32)(H4,20,21,22)/t10-,11-,12-/m0/s1. The summed E-state index contributed by atoms with van der Waals surface area (Å²) in [6.07, 6.45) is 0.576. The number of rotatable bonds is 13. The van der Waals surface area contributed by atoms with Crippen molar-refractivity contribution < 1.29 is 34.2 Å². The van der Waals surface area contributed by atoms with Crippen LogP contribution in [0.15, 0.2) is 4.99 Å². The van der Waals surface area contributed by atoms with Gasteiger partial charge in [-0.05, 0) is 32.1 Å². The van der Waals surface area contributed by atoms with E-state index in [0.717, 1.165) is 0 Å². The molecule has 0 saturated carbocycles. The van der Waals surface area contributed by atoms with Crippen LogP contribution in [0.3, 0.4) is 0 Å². The lowest BCUT2D eigenvalue weighted by atomic mass is 10.1. The van der Waals surface area contributed by atoms with E-state index in [9.17, 15) is 29.1 Å². The third-order valence-corrected chi connectivity index (χ3v) is 4.86. The van der Waals surface area contributed by atoms with E-state index in [1.807, 2.05) is 0 Å². The number of aliphatic imine (C=N–C) groups is 1. The first-order chi connectivity index (χ1) is 15.1. The van der Waals surface area contributed by atoms with Crippen molar-refractivity contribution in [3.63, 3.8) is 0 Å². The Morgan fingerprint density at radius 3 is 2.31 bits per heavy atom. The van der Waals surface area contributed by atoms with Gasteiger partial charge in [-0.2, -0.15) is 0 Å². The van der Waals surface area contributed by atoms with Crippen LogP contribution >= 0.6 is 0 Å². The number of aliphatic carboxylic acids is 2. The predicted molar refractivity (Wildman–Crippen MR) is 112 cm³/mol. The zero-order valence-electron chi connectivity index (χ0n) is 17.7. The number of guanidine groups is 1. The molecule has 0 bridgehead atoms. The molecule has 1 fully saturated rings. The minimum absolute atomic E-state index is 0.0979. The van der Waals surface area contributed by atoms with Gasteiger partial charge in [0.25, 0.3) is 0 Å². The molecule has 0 spiro atoms. The van der Waals surface area contributed by atoms with Crippen molar-refractivity contribution in [2.75, 3.05) is 19.6 Å². The van der Waals surface area contributed by atoms with Crippen molar-refractivity contribution in [3.05, 3.63) is 0 Å². The second kappa shape index (κ2) is 13.1. The Bertz CT molecular complexity index is 739. The zero-order valence-corrected chi connectivity index (χ0v) is 17.7. The molecule has 0 radical (unpaired) electrons. The second-order valence-electron chi connectivity index (χ2n) is 7.29. The number of nitrogens with one attached hydrogen (secondary N) is 2. The van der Waals surface area contributed by atoms with Crippen molar-refractivity contribution in [1.82, 2.24) is 15.5 Å². The number of carbonyl (C=O) groups excluding carboxylic acids is 3. The van der Waals surface area contributed by atoms with E-state index in [4.69, 9.17) is 22.3 Å². The summed E-state index contributed by atoms with van der Waals surface area (Å²) in [7, 11) is 0. The molecule has 0 aromatic carbocycles. The van der Waals surface area contributed by atoms with Crippen LogP contribution in [0.5, 0.6) is 0 Å². The summed E-state index contributed by atoms with van der Waals surface area (Å²) in [6.45, 7) is -0.00901. The van der Waals surface area contributed by atoms with E-state index in [0.29, 0.717) is 19.3 Å². The summed E-state index contributed by atoms with van der Waals surface area (Å²) < 4.78 is 0. The maximum absolute atomic E-state index is 13.1. The molecule has 3 atom stereocenters. The van der Waals surface area contributed by atoms with E-state index >= 15 is 0 Å². The van der Waals surface area contributed by atoms with Gasteiger partial charge >= 0.3 is 11.9 Å². The van der Waals surface area contributed by atoms with Crippen LogP contribution < -0.4 is 27.8 Å². The summed E-state index contributed by atoms with van der Waals surface area (Å²) >= 11 is 0. The summed E-state index contributed by atoms with van der Waals surface area (Å²) in [4.78, 5) is 64.9.